The highest BCUT2D eigenvalue weighted by atomic mass is 32.1. The molecule has 4 heterocycles. The number of anilines is 1. The summed E-state index contributed by atoms with van der Waals surface area (Å²) in [5.41, 5.74) is 1.81. The number of thiazole rings is 1. The van der Waals surface area contributed by atoms with E-state index in [2.05, 4.69) is 33.4 Å². The zero-order valence-electron chi connectivity index (χ0n) is 13.8. The molecule has 0 radical (unpaired) electrons. The summed E-state index contributed by atoms with van der Waals surface area (Å²) < 4.78 is 5.21. The van der Waals surface area contributed by atoms with Crippen LogP contribution in [-0.2, 0) is 11.2 Å². The maximum atomic E-state index is 12.1. The Kier molecular flexibility index (Phi) is 4.91. The van der Waals surface area contributed by atoms with E-state index in [0.29, 0.717) is 23.3 Å². The molecule has 0 unspecified atom stereocenters. The highest BCUT2D eigenvalue weighted by molar-refractivity contribution is 7.17. The lowest BCUT2D eigenvalue weighted by atomic mass is 10.3. The molecule has 26 heavy (non-hydrogen) atoms. The van der Waals surface area contributed by atoms with Crippen LogP contribution in [0.5, 0.6) is 0 Å². The number of rotatable bonds is 6. The average Bonchev–Trinajstić information content (AvgIpc) is 3.39. The van der Waals surface area contributed by atoms with Gasteiger partial charge in [0, 0.05) is 34.0 Å². The number of carbonyl (C=O) groups excluding carboxylic acids is 1. The Morgan fingerprint density at radius 3 is 2.92 bits per heavy atom. The smallest absolute Gasteiger partial charge is 0.227 e. The minimum Gasteiger partial charge on any atom is -0.339 e. The molecule has 6 nitrogen and oxygen atoms in total. The Balaban J connectivity index is 1.32. The quantitative estimate of drug-likeness (QED) is 0.498. The maximum Gasteiger partial charge on any atom is 0.227 e. The van der Waals surface area contributed by atoms with Gasteiger partial charge in [0.15, 0.2) is 5.13 Å². The van der Waals surface area contributed by atoms with Crippen molar-refractivity contribution in [3.05, 3.63) is 45.1 Å². The predicted octanol–water partition coefficient (Wildman–Crippen LogP) is 4.86. The molecular formula is C17H14N4O2S3. The normalized spacial score (nSPS) is 11.0. The first-order valence-electron chi connectivity index (χ1n) is 7.85. The first-order valence-corrected chi connectivity index (χ1v) is 10.5. The molecule has 0 spiro atoms. The number of nitrogens with one attached hydrogen (secondary N) is 1. The van der Waals surface area contributed by atoms with Crippen molar-refractivity contribution in [2.75, 3.05) is 5.32 Å². The van der Waals surface area contributed by atoms with Crippen LogP contribution in [0.3, 0.4) is 0 Å². The summed E-state index contributed by atoms with van der Waals surface area (Å²) in [5.74, 6) is 0.885. The third-order valence-corrected chi connectivity index (χ3v) is 6.02. The van der Waals surface area contributed by atoms with Crippen molar-refractivity contribution in [1.29, 1.82) is 0 Å². The van der Waals surface area contributed by atoms with Crippen molar-refractivity contribution in [2.24, 2.45) is 0 Å². The molecule has 9 heteroatoms. The van der Waals surface area contributed by atoms with E-state index in [0.717, 1.165) is 16.1 Å². The van der Waals surface area contributed by atoms with Crippen molar-refractivity contribution in [3.63, 3.8) is 0 Å². The predicted molar refractivity (Wildman–Crippen MR) is 105 cm³/mol. The monoisotopic (exact) mass is 402 g/mol. The van der Waals surface area contributed by atoms with Gasteiger partial charge < -0.3 is 9.84 Å². The van der Waals surface area contributed by atoms with Crippen molar-refractivity contribution in [1.82, 2.24) is 15.1 Å². The lowest BCUT2D eigenvalue weighted by Gasteiger charge is -1.99. The largest absolute Gasteiger partial charge is 0.339 e. The van der Waals surface area contributed by atoms with Gasteiger partial charge in [0.25, 0.3) is 0 Å². The van der Waals surface area contributed by atoms with Crippen LogP contribution in [0.15, 0.2) is 38.9 Å². The molecule has 0 aliphatic rings. The van der Waals surface area contributed by atoms with E-state index in [1.165, 1.54) is 16.2 Å². The molecular weight excluding hydrogens is 388 g/mol. The number of carbonyl (C=O) groups is 1. The van der Waals surface area contributed by atoms with E-state index >= 15 is 0 Å². The molecule has 0 aliphatic carbocycles. The molecule has 1 amide bonds. The zero-order valence-corrected chi connectivity index (χ0v) is 16.2. The van der Waals surface area contributed by atoms with Gasteiger partial charge in [-0.2, -0.15) is 16.3 Å². The van der Waals surface area contributed by atoms with Crippen molar-refractivity contribution in [3.8, 4) is 22.0 Å². The van der Waals surface area contributed by atoms with E-state index in [-0.39, 0.29) is 12.3 Å². The van der Waals surface area contributed by atoms with Crippen LogP contribution in [0.2, 0.25) is 0 Å². The molecule has 0 bridgehead atoms. The summed E-state index contributed by atoms with van der Waals surface area (Å²) in [4.78, 5) is 23.3. The van der Waals surface area contributed by atoms with Gasteiger partial charge in [-0.05, 0) is 30.5 Å². The Morgan fingerprint density at radius 1 is 1.23 bits per heavy atom. The van der Waals surface area contributed by atoms with Gasteiger partial charge in [0.1, 0.15) is 0 Å². The fourth-order valence-electron chi connectivity index (χ4n) is 2.28. The van der Waals surface area contributed by atoms with Gasteiger partial charge >= 0.3 is 0 Å². The fourth-order valence-corrected chi connectivity index (χ4v) is 4.55. The Hall–Kier alpha value is -2.36. The molecule has 4 rings (SSSR count). The van der Waals surface area contributed by atoms with Crippen LogP contribution < -0.4 is 5.32 Å². The molecule has 0 aromatic carbocycles. The molecule has 4 aromatic heterocycles. The maximum absolute atomic E-state index is 12.1. The Labute approximate surface area is 161 Å². The van der Waals surface area contributed by atoms with Crippen LogP contribution in [0.25, 0.3) is 22.0 Å². The number of aryl methyl sites for hydroxylation is 2. The number of amides is 1. The highest BCUT2D eigenvalue weighted by Crippen LogP contribution is 2.30. The first-order chi connectivity index (χ1) is 12.7. The lowest BCUT2D eigenvalue weighted by molar-refractivity contribution is -0.116. The molecule has 0 aliphatic heterocycles. The van der Waals surface area contributed by atoms with Crippen LogP contribution in [0.4, 0.5) is 5.13 Å². The van der Waals surface area contributed by atoms with Crippen LogP contribution in [0, 0.1) is 6.92 Å². The Bertz CT molecular complexity index is 1020. The summed E-state index contributed by atoms with van der Waals surface area (Å²) in [6.45, 7) is 2.06. The van der Waals surface area contributed by atoms with Crippen molar-refractivity contribution < 1.29 is 9.32 Å². The SMILES string of the molecule is Cc1ccc(-c2csc(NC(=O)CCc3nc(-c4ccsc4)no3)n2)s1. The van der Waals surface area contributed by atoms with Gasteiger partial charge in [-0.25, -0.2) is 4.98 Å². The fraction of sp³-hybridized carbons (Fsp3) is 0.176. The zero-order chi connectivity index (χ0) is 17.9. The standard InChI is InChI=1S/C17H14N4O2S3/c1-10-2-3-13(26-10)12-9-25-17(18-12)19-14(22)4-5-15-20-16(21-23-15)11-6-7-24-8-11/h2-3,6-9H,4-5H2,1H3,(H,18,19,22). The molecule has 0 fully saturated rings. The molecule has 132 valence electrons. The van der Waals surface area contributed by atoms with Gasteiger partial charge in [-0.1, -0.05) is 5.16 Å². The van der Waals surface area contributed by atoms with E-state index in [1.807, 2.05) is 28.3 Å². The van der Waals surface area contributed by atoms with Crippen LogP contribution in [-0.4, -0.2) is 21.0 Å². The van der Waals surface area contributed by atoms with Crippen molar-refractivity contribution in [2.45, 2.75) is 19.8 Å². The highest BCUT2D eigenvalue weighted by Gasteiger charge is 2.13. The molecule has 4 aromatic rings. The van der Waals surface area contributed by atoms with Crippen LogP contribution in [0.1, 0.15) is 17.2 Å². The molecule has 0 saturated heterocycles. The summed E-state index contributed by atoms with van der Waals surface area (Å²) in [6, 6.07) is 6.04. The van der Waals surface area contributed by atoms with Crippen molar-refractivity contribution >= 4 is 45.0 Å². The minimum atomic E-state index is -0.122. The first kappa shape index (κ1) is 17.1. The van der Waals surface area contributed by atoms with Gasteiger partial charge in [-0.3, -0.25) is 4.79 Å². The minimum absolute atomic E-state index is 0.122. The number of aromatic nitrogens is 3. The third kappa shape index (κ3) is 3.90. The third-order valence-electron chi connectivity index (χ3n) is 3.56. The summed E-state index contributed by atoms with van der Waals surface area (Å²) >= 11 is 4.68. The molecule has 0 atom stereocenters. The van der Waals surface area contributed by atoms with Crippen LogP contribution >= 0.6 is 34.0 Å². The molecule has 1 N–H and O–H groups in total. The molecule has 0 saturated carbocycles. The van der Waals surface area contributed by atoms with Gasteiger partial charge in [0.05, 0.1) is 10.6 Å². The lowest BCUT2D eigenvalue weighted by Crippen LogP contribution is -2.12. The van der Waals surface area contributed by atoms with Gasteiger partial charge in [-0.15, -0.1) is 22.7 Å². The van der Waals surface area contributed by atoms with E-state index < -0.39 is 0 Å². The second-order valence-corrected chi connectivity index (χ2v) is 8.45. The topological polar surface area (TPSA) is 80.9 Å². The number of hydrogen-bond acceptors (Lipinski definition) is 8. The van der Waals surface area contributed by atoms with E-state index in [1.54, 1.807) is 22.7 Å². The van der Waals surface area contributed by atoms with E-state index in [9.17, 15) is 4.79 Å². The number of thiophene rings is 2. The second kappa shape index (κ2) is 7.48. The number of nitrogens with zero attached hydrogens (tertiary/aromatic N) is 3. The van der Waals surface area contributed by atoms with E-state index in [4.69, 9.17) is 4.52 Å². The number of hydrogen-bond donors (Lipinski definition) is 1. The summed E-state index contributed by atoms with van der Waals surface area (Å²) in [6.07, 6.45) is 0.656. The summed E-state index contributed by atoms with van der Waals surface area (Å²) in [7, 11) is 0. The summed E-state index contributed by atoms with van der Waals surface area (Å²) in [5, 5.41) is 13.2. The Morgan fingerprint density at radius 2 is 2.15 bits per heavy atom. The average molecular weight is 403 g/mol. The second-order valence-electron chi connectivity index (χ2n) is 5.52. The van der Waals surface area contributed by atoms with Gasteiger partial charge in [0.2, 0.25) is 17.6 Å².